The van der Waals surface area contributed by atoms with Crippen LogP contribution in [0.3, 0.4) is 0 Å². The molecule has 0 radical (unpaired) electrons. The molecule has 0 bridgehead atoms. The maximum absolute atomic E-state index is 3.67. The number of hydrogen-bond acceptors (Lipinski definition) is 3. The molecule has 2 saturated heterocycles. The molecule has 0 aromatic rings. The summed E-state index contributed by atoms with van der Waals surface area (Å²) in [5.41, 5.74) is 0.529. The van der Waals surface area contributed by atoms with E-state index in [9.17, 15) is 0 Å². The zero-order chi connectivity index (χ0) is 13.7. The molecular formula is C16H32N2S. The van der Waals surface area contributed by atoms with Crippen LogP contribution in [0.1, 0.15) is 52.9 Å². The maximum Gasteiger partial charge on any atom is 0.0195 e. The smallest absolute Gasteiger partial charge is 0.0195 e. The minimum absolute atomic E-state index is 0.529. The van der Waals surface area contributed by atoms with E-state index in [1.54, 1.807) is 0 Å². The number of nitrogens with one attached hydrogen (secondary N) is 1. The first-order valence-electron chi connectivity index (χ1n) is 8.16. The predicted molar refractivity (Wildman–Crippen MR) is 87.0 cm³/mol. The molecule has 2 atom stereocenters. The van der Waals surface area contributed by atoms with E-state index >= 15 is 0 Å². The van der Waals surface area contributed by atoms with Crippen molar-refractivity contribution >= 4 is 11.8 Å². The van der Waals surface area contributed by atoms with Crippen molar-refractivity contribution in [1.29, 1.82) is 0 Å². The zero-order valence-electron chi connectivity index (χ0n) is 13.1. The average Bonchev–Trinajstić information content (AvgIpc) is 2.86. The number of rotatable bonds is 6. The van der Waals surface area contributed by atoms with Crippen LogP contribution in [-0.2, 0) is 0 Å². The fourth-order valence-electron chi connectivity index (χ4n) is 3.44. The second kappa shape index (κ2) is 7.33. The van der Waals surface area contributed by atoms with Gasteiger partial charge in [0.15, 0.2) is 0 Å². The minimum Gasteiger partial charge on any atom is -0.313 e. The first-order chi connectivity index (χ1) is 9.11. The van der Waals surface area contributed by atoms with Gasteiger partial charge in [-0.2, -0.15) is 11.8 Å². The van der Waals surface area contributed by atoms with Gasteiger partial charge in [0.2, 0.25) is 0 Å². The van der Waals surface area contributed by atoms with E-state index in [-0.39, 0.29) is 0 Å². The Morgan fingerprint density at radius 3 is 2.84 bits per heavy atom. The van der Waals surface area contributed by atoms with Crippen LogP contribution in [0.25, 0.3) is 0 Å². The van der Waals surface area contributed by atoms with Crippen molar-refractivity contribution in [3.05, 3.63) is 0 Å². The van der Waals surface area contributed by atoms with E-state index < -0.39 is 0 Å². The summed E-state index contributed by atoms with van der Waals surface area (Å²) in [6.07, 6.45) is 6.81. The summed E-state index contributed by atoms with van der Waals surface area (Å²) >= 11 is 2.17. The Labute approximate surface area is 124 Å². The van der Waals surface area contributed by atoms with Crippen LogP contribution >= 0.6 is 11.8 Å². The molecule has 0 saturated carbocycles. The lowest BCUT2D eigenvalue weighted by atomic mass is 9.87. The van der Waals surface area contributed by atoms with Crippen LogP contribution in [0.4, 0.5) is 0 Å². The quantitative estimate of drug-likeness (QED) is 0.805. The highest BCUT2D eigenvalue weighted by molar-refractivity contribution is 7.99. The number of nitrogens with zero attached hydrogens (tertiary/aromatic N) is 1. The van der Waals surface area contributed by atoms with Crippen LogP contribution in [0.15, 0.2) is 0 Å². The summed E-state index contributed by atoms with van der Waals surface area (Å²) in [7, 11) is 0. The normalized spacial score (nSPS) is 30.9. The number of thioether (sulfide) groups is 1. The number of hydrogen-bond donors (Lipinski definition) is 1. The Morgan fingerprint density at radius 1 is 1.37 bits per heavy atom. The van der Waals surface area contributed by atoms with Gasteiger partial charge in [-0.1, -0.05) is 27.2 Å². The Hall–Kier alpha value is 0.270. The van der Waals surface area contributed by atoms with E-state index in [4.69, 9.17) is 0 Å². The molecular weight excluding hydrogens is 252 g/mol. The van der Waals surface area contributed by atoms with Crippen LogP contribution in [-0.4, -0.2) is 48.1 Å². The lowest BCUT2D eigenvalue weighted by Gasteiger charge is -2.42. The molecule has 2 aliphatic heterocycles. The monoisotopic (exact) mass is 284 g/mol. The van der Waals surface area contributed by atoms with E-state index in [0.717, 1.165) is 12.1 Å². The van der Waals surface area contributed by atoms with Gasteiger partial charge in [0.25, 0.3) is 0 Å². The van der Waals surface area contributed by atoms with E-state index in [2.05, 4.69) is 42.7 Å². The van der Waals surface area contributed by atoms with E-state index in [1.165, 1.54) is 63.2 Å². The summed E-state index contributed by atoms with van der Waals surface area (Å²) in [5, 5.41) is 3.67. The molecule has 1 N–H and O–H groups in total. The fourth-order valence-corrected chi connectivity index (χ4v) is 4.83. The van der Waals surface area contributed by atoms with Gasteiger partial charge >= 0.3 is 0 Å². The predicted octanol–water partition coefficient (Wildman–Crippen LogP) is 3.37. The highest BCUT2D eigenvalue weighted by atomic mass is 32.2. The molecule has 0 aromatic heterocycles. The minimum atomic E-state index is 0.529. The molecule has 112 valence electrons. The molecule has 2 unspecified atom stereocenters. The van der Waals surface area contributed by atoms with Gasteiger partial charge in [0.05, 0.1) is 0 Å². The van der Waals surface area contributed by atoms with Crippen LogP contribution in [0.2, 0.25) is 0 Å². The third kappa shape index (κ3) is 4.95. The first-order valence-corrected chi connectivity index (χ1v) is 9.31. The summed E-state index contributed by atoms with van der Waals surface area (Å²) in [6.45, 7) is 11.0. The summed E-state index contributed by atoms with van der Waals surface area (Å²) in [6, 6.07) is 1.56. The van der Waals surface area contributed by atoms with Crippen LogP contribution in [0.5, 0.6) is 0 Å². The first kappa shape index (κ1) is 15.7. The van der Waals surface area contributed by atoms with Gasteiger partial charge in [-0.15, -0.1) is 0 Å². The summed E-state index contributed by atoms with van der Waals surface area (Å²) < 4.78 is 0. The van der Waals surface area contributed by atoms with Crippen molar-refractivity contribution < 1.29 is 0 Å². The van der Waals surface area contributed by atoms with Crippen LogP contribution < -0.4 is 5.32 Å². The molecule has 0 aromatic carbocycles. The third-order valence-corrected chi connectivity index (χ3v) is 6.13. The molecule has 2 heterocycles. The molecule has 0 amide bonds. The maximum atomic E-state index is 3.67. The SMILES string of the molecule is CCCCN(CC1CCCN1)C1CSCC(C)(C)C1. The van der Waals surface area contributed by atoms with Crippen molar-refractivity contribution in [1.82, 2.24) is 10.2 Å². The highest BCUT2D eigenvalue weighted by Gasteiger charge is 2.32. The molecule has 3 heteroatoms. The molecule has 2 aliphatic rings. The van der Waals surface area contributed by atoms with Gasteiger partial charge in [0, 0.05) is 24.4 Å². The molecule has 0 aliphatic carbocycles. The topological polar surface area (TPSA) is 15.3 Å². The van der Waals surface area contributed by atoms with Gasteiger partial charge in [-0.05, 0) is 49.9 Å². The van der Waals surface area contributed by atoms with Crippen LogP contribution in [0, 0.1) is 5.41 Å². The Kier molecular flexibility index (Phi) is 6.04. The molecule has 2 nitrogen and oxygen atoms in total. The van der Waals surface area contributed by atoms with Crippen molar-refractivity contribution in [3.8, 4) is 0 Å². The van der Waals surface area contributed by atoms with Gasteiger partial charge in [-0.25, -0.2) is 0 Å². The lowest BCUT2D eigenvalue weighted by Crippen LogP contribution is -2.48. The van der Waals surface area contributed by atoms with Crippen molar-refractivity contribution in [3.63, 3.8) is 0 Å². The van der Waals surface area contributed by atoms with E-state index in [0.29, 0.717) is 5.41 Å². The largest absolute Gasteiger partial charge is 0.313 e. The summed E-state index contributed by atoms with van der Waals surface area (Å²) in [5.74, 6) is 2.69. The van der Waals surface area contributed by atoms with Gasteiger partial charge < -0.3 is 5.32 Å². The Bertz CT molecular complexity index is 261. The number of unbranched alkanes of at least 4 members (excludes halogenated alkanes) is 1. The third-order valence-electron chi connectivity index (χ3n) is 4.52. The standard InChI is InChI=1S/C16H32N2S/c1-4-5-9-18(11-14-7-6-8-17-14)15-10-16(2,3)13-19-12-15/h14-15,17H,4-13H2,1-3H3. The van der Waals surface area contributed by atoms with E-state index in [1.807, 2.05) is 0 Å². The Balaban J connectivity index is 1.91. The second-order valence-corrected chi connectivity index (χ2v) is 8.21. The van der Waals surface area contributed by atoms with Gasteiger partial charge in [-0.3, -0.25) is 4.90 Å². The van der Waals surface area contributed by atoms with Crippen molar-refractivity contribution in [2.75, 3.05) is 31.1 Å². The average molecular weight is 285 g/mol. The fraction of sp³-hybridized carbons (Fsp3) is 1.00. The molecule has 2 fully saturated rings. The highest BCUT2D eigenvalue weighted by Crippen LogP contribution is 2.35. The van der Waals surface area contributed by atoms with Crippen molar-refractivity contribution in [2.45, 2.75) is 65.0 Å². The molecule has 2 rings (SSSR count). The Morgan fingerprint density at radius 2 is 2.21 bits per heavy atom. The van der Waals surface area contributed by atoms with Crippen molar-refractivity contribution in [2.24, 2.45) is 5.41 Å². The second-order valence-electron chi connectivity index (χ2n) is 7.18. The molecule has 19 heavy (non-hydrogen) atoms. The molecule has 0 spiro atoms. The lowest BCUT2D eigenvalue weighted by molar-refractivity contribution is 0.146. The summed E-state index contributed by atoms with van der Waals surface area (Å²) in [4.78, 5) is 2.81. The van der Waals surface area contributed by atoms with Gasteiger partial charge in [0.1, 0.15) is 0 Å². The zero-order valence-corrected chi connectivity index (χ0v) is 13.9.